The first-order valence-corrected chi connectivity index (χ1v) is 11.3. The molecule has 3 rings (SSSR count). The van der Waals surface area contributed by atoms with E-state index < -0.39 is 65.2 Å². The lowest BCUT2D eigenvalue weighted by Crippen LogP contribution is -2.62. The average molecular weight is 565 g/mol. The van der Waals surface area contributed by atoms with Crippen molar-refractivity contribution in [2.24, 2.45) is 0 Å². The van der Waals surface area contributed by atoms with Crippen LogP contribution in [0.4, 0.5) is 36.4 Å². The normalized spacial score (nSPS) is 22.5. The number of alkyl halides is 7. The second kappa shape index (κ2) is 9.69. The zero-order chi connectivity index (χ0) is 29.7. The van der Waals surface area contributed by atoms with Crippen molar-refractivity contribution in [1.82, 2.24) is 15.1 Å². The van der Waals surface area contributed by atoms with E-state index in [9.17, 15) is 55.2 Å². The van der Waals surface area contributed by atoms with Gasteiger partial charge in [-0.3, -0.25) is 19.2 Å². The van der Waals surface area contributed by atoms with Gasteiger partial charge in [-0.1, -0.05) is 18.2 Å². The van der Waals surface area contributed by atoms with Crippen molar-refractivity contribution in [1.29, 1.82) is 5.26 Å². The highest BCUT2D eigenvalue weighted by Crippen LogP contribution is 2.47. The molecule has 2 heterocycles. The molecule has 1 aromatic rings. The van der Waals surface area contributed by atoms with Gasteiger partial charge in [0, 0.05) is 25.7 Å². The van der Waals surface area contributed by atoms with Gasteiger partial charge < -0.3 is 20.4 Å². The van der Waals surface area contributed by atoms with Gasteiger partial charge in [-0.05, 0) is 25.5 Å². The Kier molecular flexibility index (Phi) is 7.37. The zero-order valence-electron chi connectivity index (χ0n) is 20.6. The molecule has 1 spiro atoms. The quantitative estimate of drug-likeness (QED) is 0.513. The average Bonchev–Trinajstić information content (AvgIpc) is 3.39. The molecule has 2 aliphatic heterocycles. The molecule has 2 N–H and O–H groups in total. The Balaban J connectivity index is 1.75. The van der Waals surface area contributed by atoms with Crippen molar-refractivity contribution in [2.45, 2.75) is 61.8 Å². The molecule has 0 aliphatic carbocycles. The number of carbonyl (C=O) groups excluding carboxylic acids is 4. The fourth-order valence-corrected chi connectivity index (χ4v) is 4.56. The predicted octanol–water partition coefficient (Wildman–Crippen LogP) is 2.19. The summed E-state index contributed by atoms with van der Waals surface area (Å²) in [7, 11) is 1.00. The molecule has 0 unspecified atom stereocenters. The number of para-hydroxylation sites is 1. The van der Waals surface area contributed by atoms with Gasteiger partial charge in [-0.25, -0.2) is 0 Å². The van der Waals surface area contributed by atoms with Crippen LogP contribution in [0, 0.1) is 11.3 Å². The van der Waals surface area contributed by atoms with Crippen LogP contribution in [0.1, 0.15) is 25.8 Å². The maximum atomic E-state index is 13.6. The van der Waals surface area contributed by atoms with E-state index in [1.54, 1.807) is 24.3 Å². The molecule has 1 aromatic carbocycles. The highest BCUT2D eigenvalue weighted by atomic mass is 19.4. The molecule has 16 heteroatoms. The van der Waals surface area contributed by atoms with Crippen molar-refractivity contribution in [3.8, 4) is 6.07 Å². The highest BCUT2D eigenvalue weighted by molar-refractivity contribution is 6.07. The molecule has 9 nitrogen and oxygen atoms in total. The van der Waals surface area contributed by atoms with Crippen LogP contribution in [-0.2, 0) is 24.6 Å². The van der Waals surface area contributed by atoms with Gasteiger partial charge in [-0.2, -0.15) is 36.0 Å². The van der Waals surface area contributed by atoms with E-state index in [0.29, 0.717) is 16.2 Å². The summed E-state index contributed by atoms with van der Waals surface area (Å²) in [6.45, 7) is 1.70. The minimum absolute atomic E-state index is 0.0581. The number of nitriles is 1. The van der Waals surface area contributed by atoms with Crippen molar-refractivity contribution in [3.63, 3.8) is 0 Å². The van der Waals surface area contributed by atoms with Crippen LogP contribution in [0.5, 0.6) is 0 Å². The van der Waals surface area contributed by atoms with Crippen LogP contribution in [0.15, 0.2) is 24.3 Å². The van der Waals surface area contributed by atoms with Gasteiger partial charge in [0.15, 0.2) is 0 Å². The van der Waals surface area contributed by atoms with Crippen LogP contribution in [0.3, 0.4) is 0 Å². The van der Waals surface area contributed by atoms with E-state index >= 15 is 0 Å². The molecule has 4 atom stereocenters. The molecule has 0 bridgehead atoms. The largest absolute Gasteiger partial charge is 0.460 e. The van der Waals surface area contributed by atoms with Gasteiger partial charge in [0.2, 0.25) is 17.7 Å². The molecule has 2 aliphatic rings. The van der Waals surface area contributed by atoms with Gasteiger partial charge in [0.25, 0.3) is 5.91 Å². The number of amides is 4. The lowest BCUT2D eigenvalue weighted by atomic mass is 9.80. The summed E-state index contributed by atoms with van der Waals surface area (Å²) in [6.07, 6.45) is -6.81. The molecule has 39 heavy (non-hydrogen) atoms. The summed E-state index contributed by atoms with van der Waals surface area (Å²) in [5.41, 5.74) is -0.173. The van der Waals surface area contributed by atoms with Crippen LogP contribution < -0.4 is 10.6 Å². The fraction of sp³-hybridized carbons (Fsp3) is 0.522. The second-order valence-electron chi connectivity index (χ2n) is 9.36. The van der Waals surface area contributed by atoms with Gasteiger partial charge in [0.1, 0.15) is 18.1 Å². The summed E-state index contributed by atoms with van der Waals surface area (Å²) in [5.74, 6) is -18.5. The number of nitrogens with zero attached hydrogens (tertiary/aromatic N) is 3. The number of hydrogen-bond donors (Lipinski definition) is 2. The standard InChI is InChI=1S/C23H22F7N5O4/c1-11(32-19(39)21(24,25)22(26,27)23(28,29)30)16(36)34(3)12(2)17(37)35-10-20(8-13(35)9-31)14-6-4-5-7-15(14)33-18(20)38/h4-7,11-13H,8,10H2,1-3H3,(H,32,39)(H,33,38)/t11-,12-,13-,20-/m0/s1. The Morgan fingerprint density at radius 1 is 1.15 bits per heavy atom. The van der Waals surface area contributed by atoms with Crippen molar-refractivity contribution < 1.29 is 49.9 Å². The number of fused-ring (bicyclic) bond motifs is 2. The predicted molar refractivity (Wildman–Crippen MR) is 118 cm³/mol. The molecular formula is C23H22F7N5O4. The van der Waals surface area contributed by atoms with Crippen LogP contribution in [0.25, 0.3) is 0 Å². The number of likely N-dealkylation sites (tertiary alicyclic amines) is 1. The molecule has 0 saturated carbocycles. The van der Waals surface area contributed by atoms with Crippen molar-refractivity contribution >= 4 is 29.3 Å². The minimum atomic E-state index is -6.75. The number of hydrogen-bond acceptors (Lipinski definition) is 5. The number of rotatable bonds is 6. The van der Waals surface area contributed by atoms with E-state index in [1.165, 1.54) is 6.92 Å². The van der Waals surface area contributed by atoms with E-state index in [4.69, 9.17) is 0 Å². The lowest BCUT2D eigenvalue weighted by Gasteiger charge is -2.32. The monoisotopic (exact) mass is 565 g/mol. The summed E-state index contributed by atoms with van der Waals surface area (Å²) in [5, 5.41) is 13.5. The smallest absolute Gasteiger partial charge is 0.339 e. The van der Waals surface area contributed by atoms with Crippen molar-refractivity contribution in [2.75, 3.05) is 18.9 Å². The summed E-state index contributed by atoms with van der Waals surface area (Å²) in [4.78, 5) is 52.1. The Morgan fingerprint density at radius 3 is 2.31 bits per heavy atom. The molecule has 1 fully saturated rings. The zero-order valence-corrected chi connectivity index (χ0v) is 20.6. The van der Waals surface area contributed by atoms with E-state index in [0.717, 1.165) is 24.2 Å². The Bertz CT molecular complexity index is 1250. The number of anilines is 1. The third-order valence-corrected chi connectivity index (χ3v) is 6.96. The second-order valence-corrected chi connectivity index (χ2v) is 9.36. The van der Waals surface area contributed by atoms with Gasteiger partial charge in [0.05, 0.1) is 11.5 Å². The number of halogens is 7. The lowest BCUT2D eigenvalue weighted by molar-refractivity contribution is -0.344. The molecule has 0 aromatic heterocycles. The first kappa shape index (κ1) is 29.7. The SMILES string of the molecule is C[C@H](NC(=O)C(F)(F)C(F)(F)C(F)(F)F)C(=O)N(C)[C@@H](C)C(=O)N1C[C@]2(C[C@H]1C#N)C(=O)Nc1ccccc12. The van der Waals surface area contributed by atoms with Crippen molar-refractivity contribution in [3.05, 3.63) is 29.8 Å². The Hall–Kier alpha value is -3.90. The molecule has 0 radical (unpaired) electrons. The van der Waals surface area contributed by atoms with E-state index in [-0.39, 0.29) is 13.0 Å². The van der Waals surface area contributed by atoms with Crippen LogP contribution in [-0.4, -0.2) is 83.2 Å². The third kappa shape index (κ3) is 4.63. The molecule has 4 amide bonds. The number of carbonyl (C=O) groups is 4. The fourth-order valence-electron chi connectivity index (χ4n) is 4.56. The maximum Gasteiger partial charge on any atom is 0.460 e. The summed E-state index contributed by atoms with van der Waals surface area (Å²) < 4.78 is 90.7. The Morgan fingerprint density at radius 2 is 1.74 bits per heavy atom. The van der Waals surface area contributed by atoms with Gasteiger partial charge >= 0.3 is 18.0 Å². The minimum Gasteiger partial charge on any atom is -0.339 e. The van der Waals surface area contributed by atoms with E-state index in [2.05, 4.69) is 5.32 Å². The maximum absolute atomic E-state index is 13.6. The highest BCUT2D eigenvalue weighted by Gasteiger charge is 2.76. The number of benzene rings is 1. The van der Waals surface area contributed by atoms with Crippen LogP contribution in [0.2, 0.25) is 0 Å². The summed E-state index contributed by atoms with van der Waals surface area (Å²) in [6, 6.07) is 4.04. The molecule has 212 valence electrons. The first-order valence-electron chi connectivity index (χ1n) is 11.3. The molecule has 1 saturated heterocycles. The topological polar surface area (TPSA) is 123 Å². The summed E-state index contributed by atoms with van der Waals surface area (Å²) >= 11 is 0. The number of likely N-dealkylation sites (N-methyl/N-ethyl adjacent to an activating group) is 1. The van der Waals surface area contributed by atoms with E-state index in [1.807, 2.05) is 6.07 Å². The van der Waals surface area contributed by atoms with Crippen LogP contribution >= 0.6 is 0 Å². The Labute approximate surface area is 216 Å². The molecular weight excluding hydrogens is 543 g/mol. The van der Waals surface area contributed by atoms with Gasteiger partial charge in [-0.15, -0.1) is 0 Å². The number of nitrogens with one attached hydrogen (secondary N) is 2. The third-order valence-electron chi connectivity index (χ3n) is 6.96. The first-order chi connectivity index (χ1) is 17.8.